The van der Waals surface area contributed by atoms with Gasteiger partial charge >= 0.3 is 0 Å². The van der Waals surface area contributed by atoms with Crippen LogP contribution in [0.15, 0.2) is 54.7 Å². The summed E-state index contributed by atoms with van der Waals surface area (Å²) in [7, 11) is 0. The van der Waals surface area contributed by atoms with Gasteiger partial charge in [-0.1, -0.05) is 30.3 Å². The molecule has 21 heavy (non-hydrogen) atoms. The van der Waals surface area contributed by atoms with Gasteiger partial charge in [-0.2, -0.15) is 5.26 Å². The number of hydrogen-bond acceptors (Lipinski definition) is 2. The van der Waals surface area contributed by atoms with Crippen molar-refractivity contribution in [2.24, 2.45) is 0 Å². The first-order chi connectivity index (χ1) is 10.3. The topological polar surface area (TPSA) is 38.0 Å². The number of fused-ring (bicyclic) bond motifs is 1. The Morgan fingerprint density at radius 3 is 2.81 bits per heavy atom. The molecule has 0 aliphatic heterocycles. The Morgan fingerprint density at radius 1 is 1.14 bits per heavy atom. The molecule has 0 amide bonds. The number of aromatic nitrogens is 1. The Balaban J connectivity index is 1.75. The molecule has 0 spiro atoms. The van der Waals surface area contributed by atoms with Crippen molar-refractivity contribution in [2.75, 3.05) is 6.61 Å². The summed E-state index contributed by atoms with van der Waals surface area (Å²) < 4.78 is 7.85. The third-order valence-electron chi connectivity index (χ3n) is 3.50. The lowest BCUT2D eigenvalue weighted by Crippen LogP contribution is -2.07. The van der Waals surface area contributed by atoms with E-state index >= 15 is 0 Å². The second-order valence-electron chi connectivity index (χ2n) is 5.03. The quantitative estimate of drug-likeness (QED) is 0.724. The van der Waals surface area contributed by atoms with Crippen molar-refractivity contribution in [1.29, 1.82) is 5.26 Å². The van der Waals surface area contributed by atoms with Gasteiger partial charge in [0.25, 0.3) is 0 Å². The molecule has 3 heteroatoms. The van der Waals surface area contributed by atoms with Crippen LogP contribution in [0, 0.1) is 18.3 Å². The predicted octanol–water partition coefficient (Wildman–Crippen LogP) is 3.90. The number of nitrogens with zero attached hydrogens (tertiary/aromatic N) is 2. The van der Waals surface area contributed by atoms with Gasteiger partial charge in [0.05, 0.1) is 12.1 Å². The van der Waals surface area contributed by atoms with Gasteiger partial charge < -0.3 is 9.30 Å². The number of ether oxygens (including phenoxy) is 1. The van der Waals surface area contributed by atoms with E-state index in [1.165, 1.54) is 5.56 Å². The molecule has 3 aromatic rings. The van der Waals surface area contributed by atoms with Crippen LogP contribution in [-0.2, 0) is 6.54 Å². The predicted molar refractivity (Wildman–Crippen MR) is 83.3 cm³/mol. The van der Waals surface area contributed by atoms with Gasteiger partial charge in [0.1, 0.15) is 18.4 Å². The van der Waals surface area contributed by atoms with Crippen LogP contribution in [0.2, 0.25) is 0 Å². The number of para-hydroxylation sites is 1. The SMILES string of the molecule is Cc1cccc(OCCn2cc(C#N)c3ccccc32)c1. The Morgan fingerprint density at radius 2 is 2.00 bits per heavy atom. The van der Waals surface area contributed by atoms with Crippen molar-refractivity contribution in [3.05, 3.63) is 65.9 Å². The number of rotatable bonds is 4. The zero-order valence-corrected chi connectivity index (χ0v) is 11.9. The highest BCUT2D eigenvalue weighted by Gasteiger charge is 2.07. The van der Waals surface area contributed by atoms with Crippen LogP contribution >= 0.6 is 0 Å². The Hall–Kier alpha value is -2.73. The summed E-state index contributed by atoms with van der Waals surface area (Å²) in [4.78, 5) is 0. The molecule has 0 atom stereocenters. The van der Waals surface area contributed by atoms with E-state index in [2.05, 4.69) is 10.6 Å². The van der Waals surface area contributed by atoms with Gasteiger partial charge in [-0.25, -0.2) is 0 Å². The fourth-order valence-corrected chi connectivity index (χ4v) is 2.49. The summed E-state index contributed by atoms with van der Waals surface area (Å²) in [5.41, 5.74) is 2.97. The van der Waals surface area contributed by atoms with E-state index in [9.17, 15) is 5.26 Å². The maximum Gasteiger partial charge on any atom is 0.119 e. The molecule has 0 saturated heterocycles. The molecule has 0 bridgehead atoms. The van der Waals surface area contributed by atoms with E-state index in [0.717, 1.165) is 23.2 Å². The summed E-state index contributed by atoms with van der Waals surface area (Å²) in [6.45, 7) is 3.34. The van der Waals surface area contributed by atoms with Gasteiger partial charge in [0.15, 0.2) is 0 Å². The minimum atomic E-state index is 0.576. The minimum Gasteiger partial charge on any atom is -0.492 e. The van der Waals surface area contributed by atoms with E-state index < -0.39 is 0 Å². The van der Waals surface area contributed by atoms with Crippen molar-refractivity contribution in [3.63, 3.8) is 0 Å². The summed E-state index contributed by atoms with van der Waals surface area (Å²) >= 11 is 0. The van der Waals surface area contributed by atoms with Gasteiger partial charge in [-0.3, -0.25) is 0 Å². The van der Waals surface area contributed by atoms with Gasteiger partial charge in [-0.15, -0.1) is 0 Å². The maximum atomic E-state index is 9.19. The minimum absolute atomic E-state index is 0.576. The first-order valence-corrected chi connectivity index (χ1v) is 6.95. The van der Waals surface area contributed by atoms with Crippen molar-refractivity contribution in [2.45, 2.75) is 13.5 Å². The van der Waals surface area contributed by atoms with Crippen molar-refractivity contribution >= 4 is 10.9 Å². The van der Waals surface area contributed by atoms with Crippen LogP contribution in [0.4, 0.5) is 0 Å². The summed E-state index contributed by atoms with van der Waals surface area (Å²) in [5, 5.41) is 10.2. The Bertz CT molecular complexity index is 811. The molecule has 0 N–H and O–H groups in total. The third-order valence-corrected chi connectivity index (χ3v) is 3.50. The Labute approximate surface area is 124 Å². The highest BCUT2D eigenvalue weighted by atomic mass is 16.5. The molecule has 1 aromatic heterocycles. The average Bonchev–Trinajstić information content (AvgIpc) is 2.86. The maximum absolute atomic E-state index is 9.19. The number of aryl methyl sites for hydroxylation is 1. The smallest absolute Gasteiger partial charge is 0.119 e. The van der Waals surface area contributed by atoms with Gasteiger partial charge in [0.2, 0.25) is 0 Å². The molecule has 3 rings (SSSR count). The second kappa shape index (κ2) is 5.72. The molecule has 0 saturated carbocycles. The molecular weight excluding hydrogens is 260 g/mol. The van der Waals surface area contributed by atoms with E-state index in [0.29, 0.717) is 12.2 Å². The normalized spacial score (nSPS) is 10.5. The molecule has 104 valence electrons. The van der Waals surface area contributed by atoms with E-state index in [1.54, 1.807) is 0 Å². The highest BCUT2D eigenvalue weighted by molar-refractivity contribution is 5.86. The van der Waals surface area contributed by atoms with Gasteiger partial charge in [0, 0.05) is 17.1 Å². The van der Waals surface area contributed by atoms with Crippen LogP contribution in [0.1, 0.15) is 11.1 Å². The van der Waals surface area contributed by atoms with Crippen LogP contribution in [0.5, 0.6) is 5.75 Å². The van der Waals surface area contributed by atoms with Crippen LogP contribution in [0.3, 0.4) is 0 Å². The van der Waals surface area contributed by atoms with Gasteiger partial charge in [-0.05, 0) is 30.7 Å². The van der Waals surface area contributed by atoms with E-state index in [4.69, 9.17) is 4.74 Å². The summed E-state index contributed by atoms with van der Waals surface area (Å²) in [6, 6.07) is 18.2. The summed E-state index contributed by atoms with van der Waals surface area (Å²) in [5.74, 6) is 0.881. The van der Waals surface area contributed by atoms with Crippen molar-refractivity contribution in [1.82, 2.24) is 4.57 Å². The van der Waals surface area contributed by atoms with E-state index in [1.807, 2.05) is 61.7 Å². The highest BCUT2D eigenvalue weighted by Crippen LogP contribution is 2.20. The summed E-state index contributed by atoms with van der Waals surface area (Å²) in [6.07, 6.45) is 1.89. The first kappa shape index (κ1) is 13.3. The number of hydrogen-bond donors (Lipinski definition) is 0. The monoisotopic (exact) mass is 276 g/mol. The lowest BCUT2D eigenvalue weighted by atomic mass is 10.2. The first-order valence-electron chi connectivity index (χ1n) is 6.95. The third kappa shape index (κ3) is 2.75. The molecule has 0 aliphatic carbocycles. The van der Waals surface area contributed by atoms with Crippen LogP contribution in [0.25, 0.3) is 10.9 Å². The van der Waals surface area contributed by atoms with Crippen LogP contribution in [-0.4, -0.2) is 11.2 Å². The number of benzene rings is 2. The average molecular weight is 276 g/mol. The second-order valence-corrected chi connectivity index (χ2v) is 5.03. The molecular formula is C18H16N2O. The van der Waals surface area contributed by atoms with Crippen molar-refractivity contribution in [3.8, 4) is 11.8 Å². The largest absolute Gasteiger partial charge is 0.492 e. The zero-order valence-electron chi connectivity index (χ0n) is 11.9. The standard InChI is InChI=1S/C18H16N2O/c1-14-5-4-6-16(11-14)21-10-9-20-13-15(12-19)17-7-2-3-8-18(17)20/h2-8,11,13H,9-10H2,1H3. The van der Waals surface area contributed by atoms with Crippen molar-refractivity contribution < 1.29 is 4.74 Å². The molecule has 0 unspecified atom stereocenters. The Kier molecular flexibility index (Phi) is 3.61. The lowest BCUT2D eigenvalue weighted by Gasteiger charge is -2.08. The van der Waals surface area contributed by atoms with Crippen LogP contribution < -0.4 is 4.74 Å². The molecule has 2 aromatic carbocycles. The fourth-order valence-electron chi connectivity index (χ4n) is 2.49. The molecule has 1 heterocycles. The molecule has 3 nitrogen and oxygen atoms in total. The zero-order chi connectivity index (χ0) is 14.7. The molecule has 0 fully saturated rings. The fraction of sp³-hybridized carbons (Fsp3) is 0.167. The lowest BCUT2D eigenvalue weighted by molar-refractivity contribution is 0.300. The molecule has 0 aliphatic rings. The molecule has 0 radical (unpaired) electrons. The number of nitriles is 1. The van der Waals surface area contributed by atoms with E-state index in [-0.39, 0.29) is 0 Å².